The van der Waals surface area contributed by atoms with Gasteiger partial charge in [-0.1, -0.05) is 58.0 Å². The zero-order chi connectivity index (χ0) is 14.7. The van der Waals surface area contributed by atoms with Gasteiger partial charge in [-0.15, -0.1) is 0 Å². The molecule has 1 aromatic rings. The summed E-state index contributed by atoms with van der Waals surface area (Å²) in [5.74, 6) is 1.38. The Labute approximate surface area is 124 Å². The van der Waals surface area contributed by atoms with Crippen LogP contribution in [0.3, 0.4) is 0 Å². The molecule has 0 bridgehead atoms. The lowest BCUT2D eigenvalue weighted by atomic mass is 9.92. The lowest BCUT2D eigenvalue weighted by Gasteiger charge is -2.46. The number of nitrogens with zero attached hydrogens (tertiary/aromatic N) is 1. The van der Waals surface area contributed by atoms with Crippen LogP contribution in [0.25, 0.3) is 0 Å². The Kier molecular flexibility index (Phi) is 5.22. The van der Waals surface area contributed by atoms with Crippen molar-refractivity contribution in [1.29, 1.82) is 0 Å². The third-order valence-electron chi connectivity index (χ3n) is 4.86. The van der Waals surface area contributed by atoms with Gasteiger partial charge in [-0.3, -0.25) is 4.90 Å². The quantitative estimate of drug-likeness (QED) is 0.900. The van der Waals surface area contributed by atoms with E-state index in [0.29, 0.717) is 30.0 Å². The van der Waals surface area contributed by atoms with Gasteiger partial charge in [-0.05, 0) is 24.3 Å². The molecular weight excluding hydrogens is 244 g/mol. The van der Waals surface area contributed by atoms with Crippen LogP contribution in [0.2, 0.25) is 0 Å². The van der Waals surface area contributed by atoms with Gasteiger partial charge >= 0.3 is 0 Å². The molecule has 1 aliphatic rings. The fraction of sp³-hybridized carbons (Fsp3) is 0.667. The van der Waals surface area contributed by atoms with Crippen LogP contribution in [-0.2, 0) is 0 Å². The number of nitrogens with one attached hydrogen (secondary N) is 1. The van der Waals surface area contributed by atoms with Gasteiger partial charge in [0.15, 0.2) is 0 Å². The first kappa shape index (κ1) is 15.5. The summed E-state index contributed by atoms with van der Waals surface area (Å²) in [6.45, 7) is 13.9. The maximum Gasteiger partial charge on any atom is 0.0476 e. The summed E-state index contributed by atoms with van der Waals surface area (Å²) in [7, 11) is 0. The van der Waals surface area contributed by atoms with Crippen molar-refractivity contribution in [3.63, 3.8) is 0 Å². The first-order valence-corrected chi connectivity index (χ1v) is 8.04. The van der Waals surface area contributed by atoms with E-state index in [1.807, 2.05) is 0 Å². The third-order valence-corrected chi connectivity index (χ3v) is 4.86. The molecular formula is C18H30N2. The molecule has 0 aliphatic carbocycles. The SMILES string of the molecule is CC(C)C1CN(C(C)C(C)C)C(c2ccccc2)CN1. The van der Waals surface area contributed by atoms with E-state index in [-0.39, 0.29) is 0 Å². The van der Waals surface area contributed by atoms with E-state index in [0.717, 1.165) is 13.1 Å². The van der Waals surface area contributed by atoms with Crippen molar-refractivity contribution in [3.8, 4) is 0 Å². The largest absolute Gasteiger partial charge is 0.311 e. The molecule has 112 valence electrons. The second-order valence-corrected chi connectivity index (χ2v) is 6.87. The van der Waals surface area contributed by atoms with Crippen molar-refractivity contribution in [3.05, 3.63) is 35.9 Å². The molecule has 2 nitrogen and oxygen atoms in total. The lowest BCUT2D eigenvalue weighted by Crippen LogP contribution is -2.57. The van der Waals surface area contributed by atoms with Crippen LogP contribution in [0.1, 0.15) is 46.2 Å². The van der Waals surface area contributed by atoms with Crippen LogP contribution in [-0.4, -0.2) is 30.1 Å². The van der Waals surface area contributed by atoms with E-state index >= 15 is 0 Å². The highest BCUT2D eigenvalue weighted by molar-refractivity contribution is 5.20. The molecule has 1 fully saturated rings. The Morgan fingerprint density at radius 2 is 1.70 bits per heavy atom. The fourth-order valence-corrected chi connectivity index (χ4v) is 3.06. The summed E-state index contributed by atoms with van der Waals surface area (Å²) in [5, 5.41) is 3.75. The van der Waals surface area contributed by atoms with E-state index < -0.39 is 0 Å². The highest BCUT2D eigenvalue weighted by Crippen LogP contribution is 2.29. The van der Waals surface area contributed by atoms with E-state index in [1.165, 1.54) is 5.56 Å². The number of hydrogen-bond acceptors (Lipinski definition) is 2. The van der Waals surface area contributed by atoms with E-state index in [1.54, 1.807) is 0 Å². The molecule has 0 radical (unpaired) electrons. The van der Waals surface area contributed by atoms with Crippen molar-refractivity contribution in [1.82, 2.24) is 10.2 Å². The van der Waals surface area contributed by atoms with Crippen LogP contribution in [0.15, 0.2) is 30.3 Å². The Morgan fingerprint density at radius 3 is 2.25 bits per heavy atom. The minimum Gasteiger partial charge on any atom is -0.311 e. The first-order valence-electron chi connectivity index (χ1n) is 8.04. The molecule has 3 atom stereocenters. The Hall–Kier alpha value is -0.860. The molecule has 1 aromatic carbocycles. The van der Waals surface area contributed by atoms with Crippen LogP contribution in [0.5, 0.6) is 0 Å². The summed E-state index contributed by atoms with van der Waals surface area (Å²) in [6.07, 6.45) is 0. The number of hydrogen-bond donors (Lipinski definition) is 1. The molecule has 0 amide bonds. The number of piperazine rings is 1. The monoisotopic (exact) mass is 274 g/mol. The van der Waals surface area contributed by atoms with Gasteiger partial charge in [0.1, 0.15) is 0 Å². The highest BCUT2D eigenvalue weighted by Gasteiger charge is 2.33. The average Bonchev–Trinajstić information content (AvgIpc) is 2.46. The number of benzene rings is 1. The van der Waals surface area contributed by atoms with Crippen molar-refractivity contribution < 1.29 is 0 Å². The molecule has 1 aliphatic heterocycles. The maximum atomic E-state index is 3.75. The molecule has 1 N–H and O–H groups in total. The molecule has 3 unspecified atom stereocenters. The minimum absolute atomic E-state index is 0.503. The van der Waals surface area contributed by atoms with Crippen molar-refractivity contribution in [2.24, 2.45) is 11.8 Å². The van der Waals surface area contributed by atoms with Crippen LogP contribution >= 0.6 is 0 Å². The molecule has 1 heterocycles. The molecule has 20 heavy (non-hydrogen) atoms. The lowest BCUT2D eigenvalue weighted by molar-refractivity contribution is 0.0560. The van der Waals surface area contributed by atoms with Crippen molar-refractivity contribution in [2.75, 3.05) is 13.1 Å². The minimum atomic E-state index is 0.503. The molecule has 0 saturated carbocycles. The smallest absolute Gasteiger partial charge is 0.0476 e. The van der Waals surface area contributed by atoms with Crippen LogP contribution < -0.4 is 5.32 Å². The Morgan fingerprint density at radius 1 is 1.05 bits per heavy atom. The highest BCUT2D eigenvalue weighted by atomic mass is 15.3. The fourth-order valence-electron chi connectivity index (χ4n) is 3.06. The summed E-state index contributed by atoms with van der Waals surface area (Å²) in [5.41, 5.74) is 1.44. The van der Waals surface area contributed by atoms with Crippen molar-refractivity contribution in [2.45, 2.75) is 52.7 Å². The van der Waals surface area contributed by atoms with E-state index in [4.69, 9.17) is 0 Å². The molecule has 1 saturated heterocycles. The predicted molar refractivity (Wildman–Crippen MR) is 86.8 cm³/mol. The number of rotatable bonds is 4. The second kappa shape index (κ2) is 6.73. The maximum absolute atomic E-state index is 3.75. The van der Waals surface area contributed by atoms with Crippen molar-refractivity contribution >= 4 is 0 Å². The van der Waals surface area contributed by atoms with Crippen LogP contribution in [0.4, 0.5) is 0 Å². The van der Waals surface area contributed by atoms with E-state index in [9.17, 15) is 0 Å². The summed E-state index contributed by atoms with van der Waals surface area (Å²) < 4.78 is 0. The topological polar surface area (TPSA) is 15.3 Å². The molecule has 2 heteroatoms. The zero-order valence-electron chi connectivity index (χ0n) is 13.6. The predicted octanol–water partition coefficient (Wildman–Crippen LogP) is 3.70. The first-order chi connectivity index (χ1) is 9.50. The standard InChI is InChI=1S/C18H30N2/c1-13(2)15(5)20-12-17(14(3)4)19-11-18(20)16-9-7-6-8-10-16/h6-10,13-15,17-19H,11-12H2,1-5H3. The molecule has 0 aromatic heterocycles. The summed E-state index contributed by atoms with van der Waals surface area (Å²) in [6, 6.07) is 12.7. The van der Waals surface area contributed by atoms with Gasteiger partial charge in [0.2, 0.25) is 0 Å². The molecule has 0 spiro atoms. The third kappa shape index (κ3) is 3.42. The van der Waals surface area contributed by atoms with Gasteiger partial charge in [0.05, 0.1) is 0 Å². The van der Waals surface area contributed by atoms with Gasteiger partial charge < -0.3 is 5.32 Å². The normalized spacial score (nSPS) is 26.1. The second-order valence-electron chi connectivity index (χ2n) is 6.87. The Bertz CT molecular complexity index is 399. The summed E-state index contributed by atoms with van der Waals surface area (Å²) in [4.78, 5) is 2.71. The van der Waals surface area contributed by atoms with E-state index in [2.05, 4.69) is 75.2 Å². The zero-order valence-corrected chi connectivity index (χ0v) is 13.6. The van der Waals surface area contributed by atoms with Crippen LogP contribution in [0, 0.1) is 11.8 Å². The van der Waals surface area contributed by atoms with Gasteiger partial charge in [0.25, 0.3) is 0 Å². The summed E-state index contributed by atoms with van der Waals surface area (Å²) >= 11 is 0. The Balaban J connectivity index is 2.21. The molecule has 2 rings (SSSR count). The van der Waals surface area contributed by atoms with Gasteiger partial charge in [-0.25, -0.2) is 0 Å². The van der Waals surface area contributed by atoms with Gasteiger partial charge in [-0.2, -0.15) is 0 Å². The van der Waals surface area contributed by atoms with Gasteiger partial charge in [0, 0.05) is 31.2 Å². The average molecular weight is 274 g/mol.